The number of carbonyl (C=O) groups is 4. The molecule has 0 aliphatic carbocycles. The fourth-order valence-corrected chi connectivity index (χ4v) is 5.91. The summed E-state index contributed by atoms with van der Waals surface area (Å²) in [7, 11) is 0. The summed E-state index contributed by atoms with van der Waals surface area (Å²) in [5.41, 5.74) is 20.0. The zero-order valence-corrected chi connectivity index (χ0v) is 23.9. The maximum absolute atomic E-state index is 13.2. The summed E-state index contributed by atoms with van der Waals surface area (Å²) in [6.45, 7) is 2.43. The summed E-state index contributed by atoms with van der Waals surface area (Å²) in [5.74, 6) is -1.57. The number of carbonyl (C=O) groups excluding carboxylic acids is 4. The van der Waals surface area contributed by atoms with Crippen LogP contribution in [0.1, 0.15) is 47.9 Å². The molecule has 2 aliphatic rings. The van der Waals surface area contributed by atoms with Crippen molar-refractivity contribution in [2.24, 2.45) is 10.2 Å². The quantitative estimate of drug-likeness (QED) is 0.0721. The standard InChI is InChI=1S/C31H26N10O4/c32-38-36-24-10-8-22-26-18(24)4-1-6-20(26)28(42)40(30(22)44)16-14-34-12-3-13-35-15-17-41-29(43)21-7-2-5-19-25(37-39-33)11-9-23(27(19)21)31(41)45/h1-2,4-11,34-35H,3,12-17H2. The summed E-state index contributed by atoms with van der Waals surface area (Å²) in [6.07, 6.45) is 0.735. The van der Waals surface area contributed by atoms with Crippen LogP contribution in [0, 0.1) is 0 Å². The molecule has 0 atom stereocenters. The molecule has 0 spiro atoms. The molecule has 4 aromatic rings. The van der Waals surface area contributed by atoms with E-state index in [4.69, 9.17) is 11.1 Å². The minimum absolute atomic E-state index is 0.191. The molecule has 4 amide bonds. The van der Waals surface area contributed by atoms with Gasteiger partial charge in [-0.25, -0.2) is 0 Å². The van der Waals surface area contributed by atoms with Crippen molar-refractivity contribution in [1.29, 1.82) is 0 Å². The molecule has 0 fully saturated rings. The number of imide groups is 2. The molecule has 0 unspecified atom stereocenters. The molecule has 45 heavy (non-hydrogen) atoms. The third kappa shape index (κ3) is 5.20. The summed E-state index contributed by atoms with van der Waals surface area (Å²) in [6, 6.07) is 16.5. The monoisotopic (exact) mass is 602 g/mol. The molecule has 224 valence electrons. The molecule has 14 heteroatoms. The highest BCUT2D eigenvalue weighted by atomic mass is 16.2. The second-order valence-corrected chi connectivity index (χ2v) is 10.5. The van der Waals surface area contributed by atoms with E-state index < -0.39 is 23.6 Å². The summed E-state index contributed by atoms with van der Waals surface area (Å²) in [4.78, 5) is 60.7. The van der Waals surface area contributed by atoms with Crippen LogP contribution in [0.3, 0.4) is 0 Å². The normalized spacial score (nSPS) is 13.8. The van der Waals surface area contributed by atoms with Crippen LogP contribution >= 0.6 is 0 Å². The molecule has 2 N–H and O–H groups in total. The van der Waals surface area contributed by atoms with Gasteiger partial charge in [-0.1, -0.05) is 46.6 Å². The molecule has 0 bridgehead atoms. The molecular formula is C31H26N10O4. The lowest BCUT2D eigenvalue weighted by atomic mass is 9.93. The van der Waals surface area contributed by atoms with E-state index in [2.05, 4.69) is 30.7 Å². The van der Waals surface area contributed by atoms with Gasteiger partial charge in [0.05, 0.1) is 0 Å². The highest BCUT2D eigenvalue weighted by Gasteiger charge is 2.34. The van der Waals surface area contributed by atoms with Gasteiger partial charge in [0.25, 0.3) is 23.6 Å². The average Bonchev–Trinajstić information content (AvgIpc) is 3.05. The SMILES string of the molecule is [N-]=[N+]=Nc1ccc2c3c(cccc13)C(=O)N(CCNCCCNCCN1C(=O)c3cccc4c(N=[N+]=[N-])ccc(c34)C1=O)C2=O. The second-order valence-electron chi connectivity index (χ2n) is 10.5. The van der Waals surface area contributed by atoms with Gasteiger partial charge in [-0.3, -0.25) is 29.0 Å². The third-order valence-electron chi connectivity index (χ3n) is 7.97. The van der Waals surface area contributed by atoms with Gasteiger partial charge in [0.2, 0.25) is 0 Å². The summed E-state index contributed by atoms with van der Waals surface area (Å²) in [5, 5.41) is 16.0. The Kier molecular flexibility index (Phi) is 8.10. The van der Waals surface area contributed by atoms with Crippen LogP contribution in [0.4, 0.5) is 11.4 Å². The predicted molar refractivity (Wildman–Crippen MR) is 167 cm³/mol. The van der Waals surface area contributed by atoms with E-state index in [1.807, 2.05) is 0 Å². The Labute approximate surface area is 255 Å². The largest absolute Gasteiger partial charge is 0.315 e. The van der Waals surface area contributed by atoms with E-state index in [9.17, 15) is 19.2 Å². The van der Waals surface area contributed by atoms with Crippen LogP contribution in [-0.4, -0.2) is 72.7 Å². The molecule has 0 radical (unpaired) electrons. The van der Waals surface area contributed by atoms with E-state index in [1.54, 1.807) is 60.7 Å². The Balaban J connectivity index is 0.966. The van der Waals surface area contributed by atoms with Crippen LogP contribution in [0.25, 0.3) is 42.4 Å². The van der Waals surface area contributed by atoms with Crippen molar-refractivity contribution >= 4 is 56.5 Å². The lowest BCUT2D eigenvalue weighted by Gasteiger charge is -2.28. The van der Waals surface area contributed by atoms with Crippen molar-refractivity contribution in [2.45, 2.75) is 6.42 Å². The predicted octanol–water partition coefficient (Wildman–Crippen LogP) is 5.34. The molecular weight excluding hydrogens is 576 g/mol. The van der Waals surface area contributed by atoms with Gasteiger partial charge in [-0.2, -0.15) is 0 Å². The average molecular weight is 603 g/mol. The van der Waals surface area contributed by atoms with Crippen LogP contribution in [-0.2, 0) is 0 Å². The first kappa shape index (κ1) is 29.3. The van der Waals surface area contributed by atoms with Gasteiger partial charge >= 0.3 is 0 Å². The van der Waals surface area contributed by atoms with E-state index in [0.717, 1.165) is 6.42 Å². The maximum atomic E-state index is 13.2. The van der Waals surface area contributed by atoms with Gasteiger partial charge in [-0.05, 0) is 65.6 Å². The van der Waals surface area contributed by atoms with Gasteiger partial charge in [0.15, 0.2) is 0 Å². The van der Waals surface area contributed by atoms with E-state index in [1.165, 1.54) is 9.80 Å². The van der Waals surface area contributed by atoms with Crippen molar-refractivity contribution in [3.8, 4) is 0 Å². The van der Waals surface area contributed by atoms with E-state index >= 15 is 0 Å². The highest BCUT2D eigenvalue weighted by Crippen LogP contribution is 2.37. The minimum Gasteiger partial charge on any atom is -0.315 e. The van der Waals surface area contributed by atoms with Crippen LogP contribution in [0.15, 0.2) is 70.9 Å². The number of hydrogen-bond donors (Lipinski definition) is 2. The fraction of sp³-hybridized carbons (Fsp3) is 0.226. The number of hydrogen-bond acceptors (Lipinski definition) is 8. The van der Waals surface area contributed by atoms with E-state index in [-0.39, 0.29) is 13.1 Å². The van der Waals surface area contributed by atoms with Gasteiger partial charge < -0.3 is 10.6 Å². The molecule has 6 rings (SSSR count). The van der Waals surface area contributed by atoms with Gasteiger partial charge in [0, 0.05) is 80.4 Å². The van der Waals surface area contributed by atoms with Crippen molar-refractivity contribution < 1.29 is 19.2 Å². The number of benzene rings is 4. The number of amides is 4. The Morgan fingerprint density at radius 2 is 0.956 bits per heavy atom. The molecule has 0 saturated carbocycles. The van der Waals surface area contributed by atoms with Crippen LogP contribution in [0.2, 0.25) is 0 Å². The fourth-order valence-electron chi connectivity index (χ4n) is 5.91. The summed E-state index contributed by atoms with van der Waals surface area (Å²) >= 11 is 0. The zero-order valence-electron chi connectivity index (χ0n) is 23.9. The molecule has 4 aromatic carbocycles. The van der Waals surface area contributed by atoms with Gasteiger partial charge in [-0.15, -0.1) is 0 Å². The minimum atomic E-state index is -0.392. The van der Waals surface area contributed by atoms with Crippen LogP contribution < -0.4 is 10.6 Å². The number of nitrogens with one attached hydrogen (secondary N) is 2. The number of nitrogens with zero attached hydrogens (tertiary/aromatic N) is 8. The topological polar surface area (TPSA) is 196 Å². The Bertz CT molecular complexity index is 1830. The first-order chi connectivity index (χ1) is 22.0. The zero-order chi connectivity index (χ0) is 31.5. The molecule has 2 heterocycles. The van der Waals surface area contributed by atoms with Gasteiger partial charge in [0.1, 0.15) is 0 Å². The van der Waals surface area contributed by atoms with Crippen molar-refractivity contribution in [2.75, 3.05) is 39.3 Å². The second kappa shape index (κ2) is 12.4. The van der Waals surface area contributed by atoms with Crippen molar-refractivity contribution in [1.82, 2.24) is 20.4 Å². The Morgan fingerprint density at radius 1 is 0.556 bits per heavy atom. The van der Waals surface area contributed by atoms with Crippen molar-refractivity contribution in [3.05, 3.63) is 104 Å². The van der Waals surface area contributed by atoms with Crippen molar-refractivity contribution in [3.63, 3.8) is 0 Å². The first-order valence-electron chi connectivity index (χ1n) is 14.3. The third-order valence-corrected chi connectivity index (χ3v) is 7.97. The number of azide groups is 2. The summed E-state index contributed by atoms with van der Waals surface area (Å²) < 4.78 is 0. The lowest BCUT2D eigenvalue weighted by molar-refractivity contribution is 0.0597. The molecule has 0 saturated heterocycles. The maximum Gasteiger partial charge on any atom is 0.261 e. The Hall–Kier alpha value is -5.78. The van der Waals surface area contributed by atoms with Crippen LogP contribution in [0.5, 0.6) is 0 Å². The highest BCUT2D eigenvalue weighted by molar-refractivity contribution is 6.27. The Morgan fingerprint density at radius 3 is 1.36 bits per heavy atom. The van der Waals surface area contributed by atoms with E-state index in [0.29, 0.717) is 81.4 Å². The number of rotatable bonds is 12. The molecule has 0 aromatic heterocycles. The smallest absolute Gasteiger partial charge is 0.261 e. The molecule has 14 nitrogen and oxygen atoms in total. The first-order valence-corrected chi connectivity index (χ1v) is 14.3. The molecule has 2 aliphatic heterocycles. The lowest BCUT2D eigenvalue weighted by Crippen LogP contribution is -2.44.